The van der Waals surface area contributed by atoms with Crippen molar-refractivity contribution in [3.63, 3.8) is 0 Å². The Morgan fingerprint density at radius 3 is 1.19 bits per heavy atom. The molecule has 0 fully saturated rings. The Kier molecular flexibility index (Phi) is 5.98. The molecule has 0 spiro atoms. The third kappa shape index (κ3) is 4.37. The van der Waals surface area contributed by atoms with Crippen LogP contribution in [0.25, 0.3) is 32.7 Å². The van der Waals surface area contributed by atoms with Crippen LogP contribution in [0.3, 0.4) is 0 Å². The molecule has 0 unspecified atom stereocenters. The fourth-order valence-electron chi connectivity index (χ4n) is 4.67. The molecular weight excluding hydrogens is 483 g/mol. The summed E-state index contributed by atoms with van der Waals surface area (Å²) >= 11 is 12.3. The number of nitrogens with one attached hydrogen (secondary N) is 2. The van der Waals surface area contributed by atoms with Crippen molar-refractivity contribution in [1.29, 1.82) is 0 Å². The van der Waals surface area contributed by atoms with E-state index in [-0.39, 0.29) is 0 Å². The van der Waals surface area contributed by atoms with Crippen LogP contribution in [0.5, 0.6) is 0 Å². The van der Waals surface area contributed by atoms with Gasteiger partial charge < -0.3 is 10.6 Å². The Hall–Kier alpha value is -3.98. The van der Waals surface area contributed by atoms with E-state index in [1.165, 1.54) is 21.5 Å². The average Bonchev–Trinajstić information content (AvgIpc) is 2.91. The van der Waals surface area contributed by atoms with Crippen LogP contribution >= 0.6 is 23.2 Å². The predicted molar refractivity (Wildman–Crippen MR) is 156 cm³/mol. The van der Waals surface area contributed by atoms with Crippen LogP contribution in [0.1, 0.15) is 0 Å². The van der Waals surface area contributed by atoms with Gasteiger partial charge in [-0.3, -0.25) is 0 Å². The van der Waals surface area contributed by atoms with E-state index in [2.05, 4.69) is 83.4 Å². The molecule has 0 aliphatic carbocycles. The minimum absolute atomic E-state index is 0.711. The fourth-order valence-corrected chi connectivity index (χ4v) is 4.92. The molecule has 0 aliphatic heterocycles. The van der Waals surface area contributed by atoms with Crippen LogP contribution < -0.4 is 10.6 Å². The highest BCUT2D eigenvalue weighted by molar-refractivity contribution is 6.31. The largest absolute Gasteiger partial charge is 0.355 e. The first kappa shape index (κ1) is 22.5. The fraction of sp³-hybridized carbons (Fsp3) is 0. The maximum atomic E-state index is 6.15. The van der Waals surface area contributed by atoms with E-state index in [0.717, 1.165) is 33.9 Å². The monoisotopic (exact) mass is 504 g/mol. The van der Waals surface area contributed by atoms with Crippen molar-refractivity contribution in [1.82, 2.24) is 0 Å². The first-order valence-corrected chi connectivity index (χ1v) is 12.5. The van der Waals surface area contributed by atoms with Crippen molar-refractivity contribution in [3.05, 3.63) is 131 Å². The number of fused-ring (bicyclic) bond motifs is 2. The number of anilines is 4. The van der Waals surface area contributed by atoms with Crippen LogP contribution in [0.2, 0.25) is 10.0 Å². The summed E-state index contributed by atoms with van der Waals surface area (Å²) in [5.74, 6) is 0. The summed E-state index contributed by atoms with van der Waals surface area (Å²) < 4.78 is 0. The molecule has 6 aromatic rings. The van der Waals surface area contributed by atoms with Gasteiger partial charge in [0.25, 0.3) is 0 Å². The molecule has 174 valence electrons. The number of halogens is 2. The Morgan fingerprint density at radius 2 is 0.778 bits per heavy atom. The summed E-state index contributed by atoms with van der Waals surface area (Å²) in [6.45, 7) is 0. The molecule has 0 amide bonds. The molecule has 0 saturated heterocycles. The Morgan fingerprint density at radius 1 is 0.389 bits per heavy atom. The zero-order valence-corrected chi connectivity index (χ0v) is 20.8. The molecule has 0 radical (unpaired) electrons. The van der Waals surface area contributed by atoms with Gasteiger partial charge in [-0.25, -0.2) is 0 Å². The van der Waals surface area contributed by atoms with Crippen LogP contribution in [-0.2, 0) is 0 Å². The van der Waals surface area contributed by atoms with E-state index in [1.54, 1.807) is 0 Å². The minimum Gasteiger partial charge on any atom is -0.355 e. The quantitative estimate of drug-likeness (QED) is 0.244. The Labute approximate surface area is 220 Å². The highest BCUT2D eigenvalue weighted by atomic mass is 35.5. The van der Waals surface area contributed by atoms with E-state index in [0.29, 0.717) is 10.0 Å². The van der Waals surface area contributed by atoms with Gasteiger partial charge in [0.1, 0.15) is 0 Å². The van der Waals surface area contributed by atoms with Crippen molar-refractivity contribution < 1.29 is 0 Å². The van der Waals surface area contributed by atoms with Gasteiger partial charge in [-0.15, -0.1) is 0 Å². The van der Waals surface area contributed by atoms with Gasteiger partial charge in [-0.1, -0.05) is 83.9 Å². The highest BCUT2D eigenvalue weighted by Gasteiger charge is 2.17. The van der Waals surface area contributed by atoms with E-state index < -0.39 is 0 Å². The van der Waals surface area contributed by atoms with Crippen molar-refractivity contribution in [2.24, 2.45) is 0 Å². The summed E-state index contributed by atoms with van der Waals surface area (Å²) in [4.78, 5) is 0. The second-order valence-corrected chi connectivity index (χ2v) is 9.56. The maximum absolute atomic E-state index is 6.15. The SMILES string of the molecule is Clc1ccc(Nc2ccc3ccccc3c2-c2c(Nc3ccc(Cl)cc3)ccc3ccccc23)cc1. The Balaban J connectivity index is 1.63. The zero-order valence-electron chi connectivity index (χ0n) is 19.3. The second-order valence-electron chi connectivity index (χ2n) is 8.68. The molecular formula is C32H22Cl2N2. The lowest BCUT2D eigenvalue weighted by Crippen LogP contribution is -1.99. The van der Waals surface area contributed by atoms with Gasteiger partial charge >= 0.3 is 0 Å². The normalized spacial score (nSPS) is 11.1. The zero-order chi connectivity index (χ0) is 24.5. The number of hydrogen-bond donors (Lipinski definition) is 2. The van der Waals surface area contributed by atoms with Crippen LogP contribution in [0.4, 0.5) is 22.7 Å². The van der Waals surface area contributed by atoms with Crippen LogP contribution in [0.15, 0.2) is 121 Å². The second kappa shape index (κ2) is 9.58. The van der Waals surface area contributed by atoms with Gasteiger partial charge in [-0.2, -0.15) is 0 Å². The number of rotatable bonds is 5. The highest BCUT2D eigenvalue weighted by Crippen LogP contribution is 2.45. The van der Waals surface area contributed by atoms with Crippen LogP contribution in [-0.4, -0.2) is 0 Å². The topological polar surface area (TPSA) is 24.1 Å². The first-order chi connectivity index (χ1) is 17.7. The van der Waals surface area contributed by atoms with E-state index in [1.807, 2.05) is 48.5 Å². The molecule has 0 aliphatic rings. The van der Waals surface area contributed by atoms with Gasteiger partial charge in [0.2, 0.25) is 0 Å². The molecule has 0 heterocycles. The van der Waals surface area contributed by atoms with Gasteiger partial charge in [-0.05, 0) is 82.2 Å². The summed E-state index contributed by atoms with van der Waals surface area (Å²) in [6, 6.07) is 41.2. The van der Waals surface area contributed by atoms with Crippen molar-refractivity contribution in [3.8, 4) is 11.1 Å². The first-order valence-electron chi connectivity index (χ1n) is 11.7. The van der Waals surface area contributed by atoms with Gasteiger partial charge in [0, 0.05) is 43.9 Å². The molecule has 0 atom stereocenters. The molecule has 2 N–H and O–H groups in total. The molecule has 6 rings (SSSR count). The predicted octanol–water partition coefficient (Wildman–Crippen LogP) is 10.5. The van der Waals surface area contributed by atoms with E-state index >= 15 is 0 Å². The molecule has 0 saturated carbocycles. The van der Waals surface area contributed by atoms with Crippen molar-refractivity contribution in [2.75, 3.05) is 10.6 Å². The lowest BCUT2D eigenvalue weighted by atomic mass is 9.90. The lowest BCUT2D eigenvalue weighted by Gasteiger charge is -2.21. The van der Waals surface area contributed by atoms with E-state index in [9.17, 15) is 0 Å². The molecule has 6 aromatic carbocycles. The average molecular weight is 505 g/mol. The summed E-state index contributed by atoms with van der Waals surface area (Å²) in [6.07, 6.45) is 0. The lowest BCUT2D eigenvalue weighted by molar-refractivity contribution is 1.54. The molecule has 0 aromatic heterocycles. The van der Waals surface area contributed by atoms with Gasteiger partial charge in [0.15, 0.2) is 0 Å². The number of hydrogen-bond acceptors (Lipinski definition) is 2. The van der Waals surface area contributed by atoms with E-state index in [4.69, 9.17) is 23.2 Å². The summed E-state index contributed by atoms with van der Waals surface area (Å²) in [5.41, 5.74) is 6.26. The van der Waals surface area contributed by atoms with Crippen molar-refractivity contribution in [2.45, 2.75) is 0 Å². The van der Waals surface area contributed by atoms with Gasteiger partial charge in [0.05, 0.1) is 0 Å². The maximum Gasteiger partial charge on any atom is 0.0471 e. The molecule has 2 nitrogen and oxygen atoms in total. The number of benzene rings is 6. The standard InChI is InChI=1S/C32H22Cl2N2/c33-23-11-15-25(16-12-23)35-29-19-9-21-5-1-3-7-27(21)31(29)32-28-8-4-2-6-22(28)10-20-30(32)36-26-17-13-24(34)14-18-26/h1-20,35-36H. The van der Waals surface area contributed by atoms with Crippen LogP contribution in [0, 0.1) is 0 Å². The summed E-state index contributed by atoms with van der Waals surface area (Å²) in [5, 5.41) is 13.4. The molecule has 36 heavy (non-hydrogen) atoms. The smallest absolute Gasteiger partial charge is 0.0471 e. The summed E-state index contributed by atoms with van der Waals surface area (Å²) in [7, 11) is 0. The minimum atomic E-state index is 0.711. The Bertz CT molecular complexity index is 1560. The molecule has 4 heteroatoms. The third-order valence-corrected chi connectivity index (χ3v) is 6.86. The van der Waals surface area contributed by atoms with Crippen molar-refractivity contribution >= 4 is 67.5 Å². The molecule has 0 bridgehead atoms. The third-order valence-electron chi connectivity index (χ3n) is 6.35.